The van der Waals surface area contributed by atoms with E-state index in [0.29, 0.717) is 30.0 Å². The van der Waals surface area contributed by atoms with Gasteiger partial charge in [0, 0.05) is 25.2 Å². The molecule has 1 aromatic heterocycles. The van der Waals surface area contributed by atoms with Crippen molar-refractivity contribution in [2.24, 2.45) is 5.92 Å². The molecule has 4 rings (SSSR count). The van der Waals surface area contributed by atoms with E-state index in [9.17, 15) is 15.0 Å². The maximum absolute atomic E-state index is 12.7. The third-order valence-electron chi connectivity index (χ3n) is 5.05. The summed E-state index contributed by atoms with van der Waals surface area (Å²) in [5.74, 6) is 0.211. The number of carbonyl (C=O) groups excluding carboxylic acids is 1. The fourth-order valence-electron chi connectivity index (χ4n) is 3.57. The largest absolute Gasteiger partial charge is 0.504 e. The maximum atomic E-state index is 12.7. The highest BCUT2D eigenvalue weighted by Gasteiger charge is 2.25. The lowest BCUT2D eigenvalue weighted by Gasteiger charge is -2.31. The van der Waals surface area contributed by atoms with E-state index in [1.807, 2.05) is 11.0 Å². The number of aromatic amines is 1. The first-order chi connectivity index (χ1) is 12.6. The lowest BCUT2D eigenvalue weighted by molar-refractivity contribution is 0.0679. The molecular formula is C20H21N3O3. The van der Waals surface area contributed by atoms with Gasteiger partial charge in [-0.05, 0) is 30.7 Å². The summed E-state index contributed by atoms with van der Waals surface area (Å²) in [7, 11) is 0. The molecule has 0 aliphatic carbocycles. The van der Waals surface area contributed by atoms with Crippen molar-refractivity contribution in [2.75, 3.05) is 13.1 Å². The number of rotatable bonds is 3. The number of imidazole rings is 1. The van der Waals surface area contributed by atoms with Crippen molar-refractivity contribution in [3.63, 3.8) is 0 Å². The fraction of sp³-hybridized carbons (Fsp3) is 0.300. The number of nitrogens with one attached hydrogen (secondary N) is 1. The van der Waals surface area contributed by atoms with Crippen molar-refractivity contribution in [3.05, 3.63) is 53.9 Å². The number of phenols is 2. The van der Waals surface area contributed by atoms with Crippen LogP contribution in [-0.4, -0.2) is 44.1 Å². The Balaban J connectivity index is 1.42. The van der Waals surface area contributed by atoms with Crippen molar-refractivity contribution < 1.29 is 15.0 Å². The smallest absolute Gasteiger partial charge is 0.289 e. The minimum atomic E-state index is -0.246. The van der Waals surface area contributed by atoms with Crippen LogP contribution in [0.25, 0.3) is 11.0 Å². The molecule has 26 heavy (non-hydrogen) atoms. The molecule has 0 saturated carbocycles. The highest BCUT2D eigenvalue weighted by atomic mass is 16.3. The summed E-state index contributed by atoms with van der Waals surface area (Å²) in [6, 6.07) is 13.2. The highest BCUT2D eigenvalue weighted by Crippen LogP contribution is 2.29. The fourth-order valence-corrected chi connectivity index (χ4v) is 3.57. The first-order valence-electron chi connectivity index (χ1n) is 8.85. The minimum absolute atomic E-state index is 0.140. The molecule has 6 nitrogen and oxygen atoms in total. The predicted molar refractivity (Wildman–Crippen MR) is 98.2 cm³/mol. The van der Waals surface area contributed by atoms with E-state index < -0.39 is 0 Å². The molecule has 2 heterocycles. The Kier molecular flexibility index (Phi) is 4.24. The number of likely N-dealkylation sites (tertiary alicyclic amines) is 1. The summed E-state index contributed by atoms with van der Waals surface area (Å²) in [6.07, 6.45) is 3.00. The molecule has 0 atom stereocenters. The second-order valence-electron chi connectivity index (χ2n) is 6.87. The third kappa shape index (κ3) is 3.22. The van der Waals surface area contributed by atoms with Gasteiger partial charge in [0.15, 0.2) is 17.3 Å². The molecular weight excluding hydrogens is 330 g/mol. The van der Waals surface area contributed by atoms with E-state index in [0.717, 1.165) is 19.3 Å². The zero-order valence-electron chi connectivity index (χ0n) is 14.4. The second kappa shape index (κ2) is 6.71. The van der Waals surface area contributed by atoms with Gasteiger partial charge in [-0.2, -0.15) is 0 Å². The van der Waals surface area contributed by atoms with Crippen molar-refractivity contribution in [3.8, 4) is 11.5 Å². The van der Waals surface area contributed by atoms with Crippen LogP contribution in [0.1, 0.15) is 29.0 Å². The van der Waals surface area contributed by atoms with Gasteiger partial charge in [0.05, 0.1) is 11.0 Å². The van der Waals surface area contributed by atoms with E-state index >= 15 is 0 Å². The first kappa shape index (κ1) is 16.4. The van der Waals surface area contributed by atoms with E-state index in [2.05, 4.69) is 34.2 Å². The van der Waals surface area contributed by atoms with E-state index in [1.165, 1.54) is 17.7 Å². The molecule has 1 fully saturated rings. The van der Waals surface area contributed by atoms with Crippen LogP contribution in [-0.2, 0) is 6.42 Å². The lowest BCUT2D eigenvalue weighted by atomic mass is 9.90. The number of amides is 1. The standard InChI is InChI=1S/C20H21N3O3/c24-17-11-15-16(12-18(17)25)22-19(21-15)20(26)23-8-6-14(7-9-23)10-13-4-2-1-3-5-13/h1-5,11-12,14,24-25H,6-10H2,(H,21,22). The Hall–Kier alpha value is -3.02. The van der Waals surface area contributed by atoms with Gasteiger partial charge < -0.3 is 20.1 Å². The number of hydrogen-bond acceptors (Lipinski definition) is 4. The average molecular weight is 351 g/mol. The summed E-state index contributed by atoms with van der Waals surface area (Å²) in [6.45, 7) is 1.42. The van der Waals surface area contributed by atoms with Crippen LogP contribution >= 0.6 is 0 Å². The molecule has 1 amide bonds. The zero-order chi connectivity index (χ0) is 18.1. The molecule has 3 aromatic rings. The summed E-state index contributed by atoms with van der Waals surface area (Å²) < 4.78 is 0. The summed E-state index contributed by atoms with van der Waals surface area (Å²) >= 11 is 0. The highest BCUT2D eigenvalue weighted by molar-refractivity contribution is 5.94. The van der Waals surface area contributed by atoms with Gasteiger partial charge in [-0.3, -0.25) is 4.79 Å². The number of hydrogen-bond donors (Lipinski definition) is 3. The van der Waals surface area contributed by atoms with Gasteiger partial charge in [-0.25, -0.2) is 4.98 Å². The van der Waals surface area contributed by atoms with Crippen LogP contribution in [0.5, 0.6) is 11.5 Å². The molecule has 1 saturated heterocycles. The number of phenolic OH excluding ortho intramolecular Hbond substituents is 2. The molecule has 2 aromatic carbocycles. The van der Waals surface area contributed by atoms with Gasteiger partial charge >= 0.3 is 0 Å². The van der Waals surface area contributed by atoms with Crippen LogP contribution in [0.3, 0.4) is 0 Å². The zero-order valence-corrected chi connectivity index (χ0v) is 14.4. The van der Waals surface area contributed by atoms with Crippen LogP contribution in [0.2, 0.25) is 0 Å². The number of benzene rings is 2. The van der Waals surface area contributed by atoms with Crippen molar-refractivity contribution in [1.82, 2.24) is 14.9 Å². The Morgan fingerprint density at radius 2 is 1.81 bits per heavy atom. The van der Waals surface area contributed by atoms with Crippen LogP contribution in [0.15, 0.2) is 42.5 Å². The molecule has 0 bridgehead atoms. The number of carbonyl (C=O) groups is 1. The molecule has 1 aliphatic rings. The van der Waals surface area contributed by atoms with Gasteiger partial charge in [0.1, 0.15) is 0 Å². The maximum Gasteiger partial charge on any atom is 0.289 e. The molecule has 6 heteroatoms. The number of piperidine rings is 1. The van der Waals surface area contributed by atoms with Gasteiger partial charge in [-0.1, -0.05) is 30.3 Å². The van der Waals surface area contributed by atoms with Crippen molar-refractivity contribution in [2.45, 2.75) is 19.3 Å². The van der Waals surface area contributed by atoms with Gasteiger partial charge in [-0.15, -0.1) is 0 Å². The minimum Gasteiger partial charge on any atom is -0.504 e. The Bertz CT molecular complexity index is 889. The lowest BCUT2D eigenvalue weighted by Crippen LogP contribution is -2.39. The third-order valence-corrected chi connectivity index (χ3v) is 5.05. The summed E-state index contributed by atoms with van der Waals surface area (Å²) in [4.78, 5) is 21.7. The van der Waals surface area contributed by atoms with Crippen LogP contribution in [0.4, 0.5) is 0 Å². The number of H-pyrrole nitrogens is 1. The SMILES string of the molecule is O=C(c1nc2cc(O)c(O)cc2[nH]1)N1CCC(Cc2ccccc2)CC1. The van der Waals surface area contributed by atoms with E-state index in [1.54, 1.807) is 0 Å². The molecule has 0 spiro atoms. The molecule has 134 valence electrons. The van der Waals surface area contributed by atoms with Crippen molar-refractivity contribution >= 4 is 16.9 Å². The number of nitrogens with zero attached hydrogens (tertiary/aromatic N) is 2. The summed E-state index contributed by atoms with van der Waals surface area (Å²) in [5.41, 5.74) is 2.33. The Morgan fingerprint density at radius 1 is 1.12 bits per heavy atom. The van der Waals surface area contributed by atoms with Gasteiger partial charge in [0.25, 0.3) is 5.91 Å². The van der Waals surface area contributed by atoms with Gasteiger partial charge in [0.2, 0.25) is 0 Å². The summed E-state index contributed by atoms with van der Waals surface area (Å²) in [5, 5.41) is 19.1. The Morgan fingerprint density at radius 3 is 2.54 bits per heavy atom. The second-order valence-corrected chi connectivity index (χ2v) is 6.87. The van der Waals surface area contributed by atoms with Crippen molar-refractivity contribution in [1.29, 1.82) is 0 Å². The number of fused-ring (bicyclic) bond motifs is 1. The molecule has 1 aliphatic heterocycles. The molecule has 0 unspecified atom stereocenters. The quantitative estimate of drug-likeness (QED) is 0.633. The number of aromatic hydroxyl groups is 2. The molecule has 0 radical (unpaired) electrons. The monoisotopic (exact) mass is 351 g/mol. The van der Waals surface area contributed by atoms with Crippen LogP contribution < -0.4 is 0 Å². The average Bonchev–Trinajstić information content (AvgIpc) is 3.06. The first-order valence-corrected chi connectivity index (χ1v) is 8.85. The normalized spacial score (nSPS) is 15.5. The Labute approximate surface area is 151 Å². The molecule has 3 N–H and O–H groups in total. The van der Waals surface area contributed by atoms with Crippen LogP contribution in [0, 0.1) is 5.92 Å². The topological polar surface area (TPSA) is 89.5 Å². The number of aromatic nitrogens is 2. The van der Waals surface area contributed by atoms with E-state index in [-0.39, 0.29) is 23.2 Å². The van der Waals surface area contributed by atoms with E-state index in [4.69, 9.17) is 0 Å². The predicted octanol–water partition coefficient (Wildman–Crippen LogP) is 3.07.